The molecule has 2 aromatic rings. The zero-order valence-corrected chi connectivity index (χ0v) is 9.92. The molecule has 1 nitrogen and oxygen atoms in total. The molecule has 0 aliphatic rings. The van der Waals surface area contributed by atoms with Crippen molar-refractivity contribution in [1.29, 1.82) is 0 Å². The van der Waals surface area contributed by atoms with Gasteiger partial charge in [-0.1, -0.05) is 11.8 Å². The molecular weight excluding hydrogens is 261 g/mol. The van der Waals surface area contributed by atoms with Crippen LogP contribution in [0.25, 0.3) is 0 Å². The van der Waals surface area contributed by atoms with Crippen molar-refractivity contribution in [3.8, 4) is 5.75 Å². The quantitative estimate of drug-likeness (QED) is 0.863. The van der Waals surface area contributed by atoms with Crippen LogP contribution >= 0.6 is 11.8 Å². The number of hydrogen-bond donors (Lipinski definition) is 1. The summed E-state index contributed by atoms with van der Waals surface area (Å²) in [6, 6.07) is 11.5. The smallest absolute Gasteiger partial charge is 0.416 e. The molecule has 0 atom stereocenters. The summed E-state index contributed by atoms with van der Waals surface area (Å²) in [5, 5.41) is 9.11. The number of halogens is 3. The molecule has 0 spiro atoms. The molecule has 2 aromatic carbocycles. The SMILES string of the molecule is Oc1ccc(Sc2ccc(C(F)(F)F)cc2)cc1. The second kappa shape index (κ2) is 4.94. The van der Waals surface area contributed by atoms with Gasteiger partial charge in [0.05, 0.1) is 5.56 Å². The fourth-order valence-electron chi connectivity index (χ4n) is 1.36. The summed E-state index contributed by atoms with van der Waals surface area (Å²) >= 11 is 1.34. The van der Waals surface area contributed by atoms with E-state index in [4.69, 9.17) is 5.11 Å². The number of rotatable bonds is 2. The third kappa shape index (κ3) is 3.20. The summed E-state index contributed by atoms with van der Waals surface area (Å²) < 4.78 is 37.1. The minimum Gasteiger partial charge on any atom is -0.508 e. The molecule has 0 fully saturated rings. The molecule has 0 aliphatic heterocycles. The van der Waals surface area contributed by atoms with Crippen molar-refractivity contribution in [1.82, 2.24) is 0 Å². The van der Waals surface area contributed by atoms with E-state index in [1.54, 1.807) is 12.1 Å². The van der Waals surface area contributed by atoms with Gasteiger partial charge in [0, 0.05) is 9.79 Å². The minimum atomic E-state index is -4.30. The number of hydrogen-bond acceptors (Lipinski definition) is 2. The highest BCUT2D eigenvalue weighted by atomic mass is 32.2. The number of phenols is 1. The molecule has 2 rings (SSSR count). The van der Waals surface area contributed by atoms with E-state index < -0.39 is 11.7 Å². The van der Waals surface area contributed by atoms with Crippen molar-refractivity contribution in [3.05, 3.63) is 54.1 Å². The Hall–Kier alpha value is -1.62. The zero-order valence-electron chi connectivity index (χ0n) is 9.11. The monoisotopic (exact) mass is 270 g/mol. The van der Waals surface area contributed by atoms with Crippen LogP contribution in [0.15, 0.2) is 58.3 Å². The lowest BCUT2D eigenvalue weighted by Crippen LogP contribution is -2.03. The van der Waals surface area contributed by atoms with Crippen LogP contribution in [-0.2, 0) is 6.18 Å². The lowest BCUT2D eigenvalue weighted by Gasteiger charge is -2.07. The van der Waals surface area contributed by atoms with Gasteiger partial charge in [-0.2, -0.15) is 13.2 Å². The highest BCUT2D eigenvalue weighted by Crippen LogP contribution is 2.33. The van der Waals surface area contributed by atoms with E-state index in [0.717, 1.165) is 17.0 Å². The van der Waals surface area contributed by atoms with E-state index in [1.807, 2.05) is 0 Å². The molecule has 0 bridgehead atoms. The van der Waals surface area contributed by atoms with Crippen molar-refractivity contribution in [2.75, 3.05) is 0 Å². The number of aromatic hydroxyl groups is 1. The molecule has 0 saturated heterocycles. The van der Waals surface area contributed by atoms with Gasteiger partial charge in [0.2, 0.25) is 0 Å². The number of phenolic OH excluding ortho intramolecular Hbond substituents is 1. The molecule has 0 saturated carbocycles. The Balaban J connectivity index is 2.13. The van der Waals surface area contributed by atoms with E-state index in [9.17, 15) is 13.2 Å². The molecule has 1 N–H and O–H groups in total. The average molecular weight is 270 g/mol. The van der Waals surface area contributed by atoms with E-state index in [1.165, 1.54) is 36.0 Å². The van der Waals surface area contributed by atoms with Gasteiger partial charge >= 0.3 is 6.18 Å². The van der Waals surface area contributed by atoms with E-state index >= 15 is 0 Å². The fourth-order valence-corrected chi connectivity index (χ4v) is 2.18. The molecule has 94 valence electrons. The lowest BCUT2D eigenvalue weighted by atomic mass is 10.2. The Morgan fingerprint density at radius 1 is 0.778 bits per heavy atom. The Morgan fingerprint density at radius 2 is 1.22 bits per heavy atom. The molecule has 0 amide bonds. The third-order valence-electron chi connectivity index (χ3n) is 2.25. The predicted octanol–water partition coefficient (Wildman–Crippen LogP) is 4.56. The van der Waals surface area contributed by atoms with Crippen molar-refractivity contribution in [3.63, 3.8) is 0 Å². The third-order valence-corrected chi connectivity index (χ3v) is 3.27. The summed E-state index contributed by atoms with van der Waals surface area (Å²) in [6.07, 6.45) is -4.30. The van der Waals surface area contributed by atoms with Gasteiger partial charge in [-0.15, -0.1) is 0 Å². The van der Waals surface area contributed by atoms with Crippen molar-refractivity contribution < 1.29 is 18.3 Å². The van der Waals surface area contributed by atoms with Gasteiger partial charge in [-0.3, -0.25) is 0 Å². The molecule has 0 unspecified atom stereocenters. The molecular formula is C13H9F3OS. The molecule has 0 aliphatic carbocycles. The van der Waals surface area contributed by atoms with Gasteiger partial charge in [0.15, 0.2) is 0 Å². The van der Waals surface area contributed by atoms with Crippen LogP contribution in [0.1, 0.15) is 5.56 Å². The first-order valence-electron chi connectivity index (χ1n) is 5.09. The summed E-state index contributed by atoms with van der Waals surface area (Å²) in [5.74, 6) is 0.159. The first-order valence-corrected chi connectivity index (χ1v) is 5.91. The average Bonchev–Trinajstić information content (AvgIpc) is 2.32. The van der Waals surface area contributed by atoms with Crippen molar-refractivity contribution >= 4 is 11.8 Å². The van der Waals surface area contributed by atoms with Gasteiger partial charge in [0.25, 0.3) is 0 Å². The lowest BCUT2D eigenvalue weighted by molar-refractivity contribution is -0.137. The highest BCUT2D eigenvalue weighted by molar-refractivity contribution is 7.99. The van der Waals surface area contributed by atoms with Crippen LogP contribution in [0.3, 0.4) is 0 Å². The van der Waals surface area contributed by atoms with Crippen LogP contribution in [-0.4, -0.2) is 5.11 Å². The summed E-state index contributed by atoms with van der Waals surface area (Å²) in [7, 11) is 0. The number of benzene rings is 2. The first kappa shape index (κ1) is 12.8. The molecule has 0 aromatic heterocycles. The maximum Gasteiger partial charge on any atom is 0.416 e. The van der Waals surface area contributed by atoms with Gasteiger partial charge < -0.3 is 5.11 Å². The second-order valence-corrected chi connectivity index (χ2v) is 4.77. The van der Waals surface area contributed by atoms with Gasteiger partial charge in [0.1, 0.15) is 5.75 Å². The van der Waals surface area contributed by atoms with Crippen LogP contribution in [0.5, 0.6) is 5.75 Å². The molecule has 0 heterocycles. The molecule has 0 radical (unpaired) electrons. The Kier molecular flexibility index (Phi) is 3.52. The topological polar surface area (TPSA) is 20.2 Å². The fraction of sp³-hybridized carbons (Fsp3) is 0.0769. The van der Waals surface area contributed by atoms with E-state index in [2.05, 4.69) is 0 Å². The van der Waals surface area contributed by atoms with Crippen molar-refractivity contribution in [2.45, 2.75) is 16.0 Å². The van der Waals surface area contributed by atoms with Crippen LogP contribution in [0, 0.1) is 0 Å². The van der Waals surface area contributed by atoms with Crippen LogP contribution in [0.4, 0.5) is 13.2 Å². The van der Waals surface area contributed by atoms with E-state index in [0.29, 0.717) is 4.90 Å². The standard InChI is InChI=1S/C13H9F3OS/c14-13(15,16)9-1-5-11(6-2-9)18-12-7-3-10(17)4-8-12/h1-8,17H. The summed E-state index contributed by atoms with van der Waals surface area (Å²) in [6.45, 7) is 0. The molecule has 18 heavy (non-hydrogen) atoms. The first-order chi connectivity index (χ1) is 8.45. The van der Waals surface area contributed by atoms with E-state index in [-0.39, 0.29) is 5.75 Å². The number of alkyl halides is 3. The maximum absolute atomic E-state index is 12.4. The van der Waals surface area contributed by atoms with Crippen molar-refractivity contribution in [2.24, 2.45) is 0 Å². The largest absolute Gasteiger partial charge is 0.508 e. The molecule has 5 heteroatoms. The van der Waals surface area contributed by atoms with Crippen LogP contribution < -0.4 is 0 Å². The summed E-state index contributed by atoms with van der Waals surface area (Å²) in [5.41, 5.74) is -0.655. The highest BCUT2D eigenvalue weighted by Gasteiger charge is 2.29. The summed E-state index contributed by atoms with van der Waals surface area (Å²) in [4.78, 5) is 1.57. The predicted molar refractivity (Wildman–Crippen MR) is 63.7 cm³/mol. The van der Waals surface area contributed by atoms with Crippen LogP contribution in [0.2, 0.25) is 0 Å². The van der Waals surface area contributed by atoms with Gasteiger partial charge in [-0.25, -0.2) is 0 Å². The Morgan fingerprint density at radius 3 is 1.67 bits per heavy atom. The zero-order chi connectivity index (χ0) is 13.2. The second-order valence-electron chi connectivity index (χ2n) is 3.62. The van der Waals surface area contributed by atoms with Gasteiger partial charge in [-0.05, 0) is 48.5 Å². The Bertz CT molecular complexity index is 517. The minimum absolute atomic E-state index is 0.159. The normalized spacial score (nSPS) is 11.5. The Labute approximate surface area is 106 Å². The maximum atomic E-state index is 12.4.